The van der Waals surface area contributed by atoms with Crippen LogP contribution >= 0.6 is 0 Å². The van der Waals surface area contributed by atoms with E-state index in [2.05, 4.69) is 61.9 Å². The average Bonchev–Trinajstić information content (AvgIpc) is 2.42. The zero-order valence-corrected chi connectivity index (χ0v) is 12.5. The van der Waals surface area contributed by atoms with Crippen molar-refractivity contribution in [2.24, 2.45) is 9.98 Å². The van der Waals surface area contributed by atoms with Gasteiger partial charge >= 0.3 is 0 Å². The van der Waals surface area contributed by atoms with Gasteiger partial charge in [0.15, 0.2) is 0 Å². The Balaban J connectivity index is 2.37. The Labute approximate surface area is 120 Å². The molecular weight excluding hydrogens is 244 g/mol. The van der Waals surface area contributed by atoms with Gasteiger partial charge in [0.05, 0.1) is 11.4 Å². The Kier molecular flexibility index (Phi) is 4.49. The van der Waals surface area contributed by atoms with E-state index in [-0.39, 0.29) is 0 Å². The van der Waals surface area contributed by atoms with Gasteiger partial charge in [-0.05, 0) is 42.5 Å². The molecule has 102 valence electrons. The van der Waals surface area contributed by atoms with Crippen LogP contribution in [0.5, 0.6) is 0 Å². The van der Waals surface area contributed by atoms with Crippen LogP contribution < -0.4 is 0 Å². The fourth-order valence-electron chi connectivity index (χ4n) is 2.19. The Bertz CT molecular complexity index is 643. The molecule has 0 bridgehead atoms. The SMILES string of the molecule is Cc1cccc(C)c1N=C=Nc1ccccc1C(C)C. The first kappa shape index (κ1) is 14.2. The number of rotatable bonds is 3. The van der Waals surface area contributed by atoms with E-state index >= 15 is 0 Å². The van der Waals surface area contributed by atoms with Gasteiger partial charge in [-0.25, -0.2) is 0 Å². The molecule has 0 saturated carbocycles. The molecule has 2 aromatic carbocycles. The molecule has 0 aliphatic rings. The van der Waals surface area contributed by atoms with Crippen LogP contribution in [0.15, 0.2) is 52.4 Å². The summed E-state index contributed by atoms with van der Waals surface area (Å²) in [6, 6.07) is 17.1. The van der Waals surface area contributed by atoms with Crippen molar-refractivity contribution in [1.29, 1.82) is 0 Å². The van der Waals surface area contributed by atoms with Gasteiger partial charge < -0.3 is 0 Å². The van der Waals surface area contributed by atoms with Crippen molar-refractivity contribution in [1.82, 2.24) is 0 Å². The molecule has 0 aliphatic carbocycles. The molecule has 2 heteroatoms. The minimum atomic E-state index is 0.442. The van der Waals surface area contributed by atoms with Gasteiger partial charge in [-0.3, -0.25) is 0 Å². The lowest BCUT2D eigenvalue weighted by atomic mass is 10.0. The summed E-state index contributed by atoms with van der Waals surface area (Å²) in [7, 11) is 0. The van der Waals surface area contributed by atoms with E-state index in [1.54, 1.807) is 0 Å². The summed E-state index contributed by atoms with van der Waals surface area (Å²) in [5.74, 6) is 0.442. The predicted octanol–water partition coefficient (Wildman–Crippen LogP) is 5.56. The molecule has 0 fully saturated rings. The van der Waals surface area contributed by atoms with Crippen molar-refractivity contribution in [2.45, 2.75) is 33.6 Å². The van der Waals surface area contributed by atoms with Gasteiger partial charge in [-0.15, -0.1) is 0 Å². The second-order valence-electron chi connectivity index (χ2n) is 5.28. The third kappa shape index (κ3) is 3.23. The highest BCUT2D eigenvalue weighted by molar-refractivity contribution is 5.63. The van der Waals surface area contributed by atoms with Crippen LogP contribution in [0.4, 0.5) is 11.4 Å². The van der Waals surface area contributed by atoms with E-state index in [9.17, 15) is 0 Å². The minimum Gasteiger partial charge on any atom is -0.187 e. The molecule has 0 unspecified atom stereocenters. The topological polar surface area (TPSA) is 24.7 Å². The second-order valence-corrected chi connectivity index (χ2v) is 5.28. The molecule has 20 heavy (non-hydrogen) atoms. The highest BCUT2D eigenvalue weighted by atomic mass is 14.8. The van der Waals surface area contributed by atoms with Crippen LogP contribution in [0.1, 0.15) is 36.5 Å². The lowest BCUT2D eigenvalue weighted by Crippen LogP contribution is -1.86. The predicted molar refractivity (Wildman–Crippen MR) is 85.6 cm³/mol. The lowest BCUT2D eigenvalue weighted by Gasteiger charge is -2.07. The summed E-state index contributed by atoms with van der Waals surface area (Å²) in [5, 5.41) is 0. The highest BCUT2D eigenvalue weighted by Crippen LogP contribution is 2.26. The van der Waals surface area contributed by atoms with E-state index in [1.165, 1.54) is 5.56 Å². The molecular formula is C18H20N2. The maximum Gasteiger partial charge on any atom is 0.101 e. The number of hydrogen-bond donors (Lipinski definition) is 0. The third-order valence-electron chi connectivity index (χ3n) is 3.33. The highest BCUT2D eigenvalue weighted by Gasteiger charge is 2.03. The smallest absolute Gasteiger partial charge is 0.101 e. The van der Waals surface area contributed by atoms with Crippen molar-refractivity contribution >= 4 is 17.4 Å². The monoisotopic (exact) mass is 264 g/mol. The van der Waals surface area contributed by atoms with Gasteiger partial charge in [0.2, 0.25) is 0 Å². The van der Waals surface area contributed by atoms with Crippen LogP contribution in [-0.2, 0) is 0 Å². The van der Waals surface area contributed by atoms with Crippen LogP contribution in [-0.4, -0.2) is 6.01 Å². The first-order chi connectivity index (χ1) is 9.59. The molecule has 0 heterocycles. The molecule has 0 atom stereocenters. The van der Waals surface area contributed by atoms with Crippen LogP contribution in [0.3, 0.4) is 0 Å². The van der Waals surface area contributed by atoms with Crippen LogP contribution in [0.2, 0.25) is 0 Å². The maximum absolute atomic E-state index is 4.39. The van der Waals surface area contributed by atoms with E-state index in [0.717, 1.165) is 22.5 Å². The zero-order valence-electron chi connectivity index (χ0n) is 12.5. The number of aliphatic imine (C=N–C) groups is 2. The Morgan fingerprint density at radius 3 is 2.15 bits per heavy atom. The molecule has 2 rings (SSSR count). The Hall–Kier alpha value is -2.18. The molecule has 0 spiro atoms. The Morgan fingerprint density at radius 1 is 0.850 bits per heavy atom. The molecule has 0 aromatic heterocycles. The van der Waals surface area contributed by atoms with E-state index < -0.39 is 0 Å². The second kappa shape index (κ2) is 6.31. The summed E-state index contributed by atoms with van der Waals surface area (Å²) in [6.07, 6.45) is 0. The molecule has 0 radical (unpaired) electrons. The Morgan fingerprint density at radius 2 is 1.50 bits per heavy atom. The summed E-state index contributed by atoms with van der Waals surface area (Å²) < 4.78 is 0. The van der Waals surface area contributed by atoms with Crippen molar-refractivity contribution < 1.29 is 0 Å². The number of benzene rings is 2. The van der Waals surface area contributed by atoms with E-state index in [1.807, 2.05) is 24.3 Å². The van der Waals surface area contributed by atoms with Gasteiger partial charge in [0.1, 0.15) is 6.01 Å². The number of nitrogens with zero attached hydrogens (tertiary/aromatic N) is 2. The molecule has 0 amide bonds. The number of hydrogen-bond acceptors (Lipinski definition) is 2. The fourth-order valence-corrected chi connectivity index (χ4v) is 2.19. The third-order valence-corrected chi connectivity index (χ3v) is 3.33. The standard InChI is InChI=1S/C18H20N2/c1-13(2)16-10-5-6-11-17(16)19-12-20-18-14(3)8-7-9-15(18)4/h5-11,13H,1-4H3. The largest absolute Gasteiger partial charge is 0.187 e. The van der Waals surface area contributed by atoms with Gasteiger partial charge in [-0.2, -0.15) is 9.98 Å². The van der Waals surface area contributed by atoms with Crippen molar-refractivity contribution in [3.63, 3.8) is 0 Å². The lowest BCUT2D eigenvalue weighted by molar-refractivity contribution is 0.867. The van der Waals surface area contributed by atoms with Crippen molar-refractivity contribution in [3.05, 3.63) is 59.2 Å². The van der Waals surface area contributed by atoms with Crippen LogP contribution in [0.25, 0.3) is 0 Å². The fraction of sp³-hybridized carbons (Fsp3) is 0.278. The zero-order chi connectivity index (χ0) is 14.5. The van der Waals surface area contributed by atoms with E-state index in [4.69, 9.17) is 0 Å². The molecule has 0 N–H and O–H groups in total. The van der Waals surface area contributed by atoms with Gasteiger partial charge in [0.25, 0.3) is 0 Å². The average molecular weight is 264 g/mol. The maximum atomic E-state index is 4.39. The summed E-state index contributed by atoms with van der Waals surface area (Å²) in [6.45, 7) is 8.43. The van der Waals surface area contributed by atoms with Crippen molar-refractivity contribution in [3.8, 4) is 0 Å². The molecule has 0 aliphatic heterocycles. The summed E-state index contributed by atoms with van der Waals surface area (Å²) >= 11 is 0. The van der Waals surface area contributed by atoms with Crippen molar-refractivity contribution in [2.75, 3.05) is 0 Å². The number of aryl methyl sites for hydroxylation is 2. The molecule has 2 aromatic rings. The first-order valence-electron chi connectivity index (χ1n) is 6.91. The summed E-state index contributed by atoms with van der Waals surface area (Å²) in [4.78, 5) is 8.77. The van der Waals surface area contributed by atoms with Gasteiger partial charge in [-0.1, -0.05) is 50.2 Å². The normalized spacial score (nSPS) is 10.2. The minimum absolute atomic E-state index is 0.442. The summed E-state index contributed by atoms with van der Waals surface area (Å²) in [5.41, 5.74) is 5.40. The quantitative estimate of drug-likeness (QED) is 0.648. The van der Waals surface area contributed by atoms with E-state index in [0.29, 0.717) is 5.92 Å². The van der Waals surface area contributed by atoms with Gasteiger partial charge in [0, 0.05) is 0 Å². The molecule has 0 saturated heterocycles. The first-order valence-corrected chi connectivity index (χ1v) is 6.91. The van der Waals surface area contributed by atoms with Crippen LogP contribution in [0, 0.1) is 13.8 Å². The molecule has 2 nitrogen and oxygen atoms in total. The number of para-hydroxylation sites is 2.